The van der Waals surface area contributed by atoms with Crippen LogP contribution < -0.4 is 10.6 Å². The molecule has 29 heavy (non-hydrogen) atoms. The molecular weight excluding hydrogens is 374 g/mol. The lowest BCUT2D eigenvalue weighted by atomic mass is 10.0. The van der Waals surface area contributed by atoms with Crippen LogP contribution in [0, 0.1) is 10.1 Å². The van der Waals surface area contributed by atoms with Gasteiger partial charge in [0.15, 0.2) is 0 Å². The summed E-state index contributed by atoms with van der Waals surface area (Å²) < 4.78 is 0. The number of aliphatic carboxylic acids is 1. The quantitative estimate of drug-likeness (QED) is 0.414. The molecule has 0 aliphatic carbocycles. The monoisotopic (exact) mass is 399 g/mol. The normalized spacial score (nSPS) is 11.7. The highest BCUT2D eigenvalue weighted by Crippen LogP contribution is 2.27. The first-order valence-corrected chi connectivity index (χ1v) is 9.37. The van der Waals surface area contributed by atoms with Crippen molar-refractivity contribution < 1.29 is 19.6 Å². The molecule has 3 N–H and O–H groups in total. The van der Waals surface area contributed by atoms with Gasteiger partial charge in [0.05, 0.1) is 4.92 Å². The lowest BCUT2D eigenvalue weighted by Crippen LogP contribution is -2.30. The minimum absolute atomic E-state index is 0.0623. The van der Waals surface area contributed by atoms with Crippen molar-refractivity contribution in [2.75, 3.05) is 5.32 Å². The Morgan fingerprint density at radius 3 is 2.41 bits per heavy atom. The van der Waals surface area contributed by atoms with Crippen molar-refractivity contribution in [2.45, 2.75) is 45.2 Å². The number of anilines is 1. The number of nitrogens with zero attached hydrogens (tertiary/aromatic N) is 1. The third-order valence-corrected chi connectivity index (χ3v) is 4.27. The van der Waals surface area contributed by atoms with Crippen LogP contribution in [0.2, 0.25) is 0 Å². The summed E-state index contributed by atoms with van der Waals surface area (Å²) in [7, 11) is 0. The summed E-state index contributed by atoms with van der Waals surface area (Å²) in [6, 6.07) is 13.3. The zero-order chi connectivity index (χ0) is 21.4. The second kappa shape index (κ2) is 10.2. The highest BCUT2D eigenvalue weighted by molar-refractivity contribution is 5.95. The summed E-state index contributed by atoms with van der Waals surface area (Å²) >= 11 is 0. The van der Waals surface area contributed by atoms with Crippen molar-refractivity contribution in [3.05, 3.63) is 69.8 Å². The number of amides is 1. The van der Waals surface area contributed by atoms with Gasteiger partial charge in [-0.05, 0) is 44.4 Å². The van der Waals surface area contributed by atoms with Crippen molar-refractivity contribution in [2.24, 2.45) is 0 Å². The second-order valence-electron chi connectivity index (χ2n) is 7.08. The average molecular weight is 399 g/mol. The first-order valence-electron chi connectivity index (χ1n) is 9.37. The standard InChI is InChI=1S/C21H25N3O5/c1-14(2)22-21(27)16-8-10-18(19(13-16)24(28)29)23-17(9-11-20(25)26)12-15-6-4-3-5-7-15/h3-8,10,13-14,17,23H,9,11-12H2,1-2H3,(H,22,27)(H,25,26). The van der Waals surface area contributed by atoms with E-state index < -0.39 is 10.9 Å². The molecule has 0 aliphatic rings. The first-order chi connectivity index (χ1) is 13.8. The third-order valence-electron chi connectivity index (χ3n) is 4.27. The number of nitrogens with one attached hydrogen (secondary N) is 2. The SMILES string of the molecule is CC(C)NC(=O)c1ccc(NC(CCC(=O)O)Cc2ccccc2)c([N+](=O)[O-])c1. The fourth-order valence-corrected chi connectivity index (χ4v) is 2.93. The molecule has 2 aromatic carbocycles. The lowest BCUT2D eigenvalue weighted by molar-refractivity contribution is -0.384. The number of rotatable bonds is 10. The van der Waals surface area contributed by atoms with Crippen molar-refractivity contribution in [3.63, 3.8) is 0 Å². The minimum Gasteiger partial charge on any atom is -0.481 e. The van der Waals surface area contributed by atoms with E-state index in [4.69, 9.17) is 5.11 Å². The lowest BCUT2D eigenvalue weighted by Gasteiger charge is -2.20. The first kappa shape index (κ1) is 21.9. The van der Waals surface area contributed by atoms with E-state index in [9.17, 15) is 19.7 Å². The molecule has 8 heteroatoms. The summed E-state index contributed by atoms with van der Waals surface area (Å²) in [5, 5.41) is 26.4. The summed E-state index contributed by atoms with van der Waals surface area (Å²) in [5.74, 6) is -1.32. The second-order valence-corrected chi connectivity index (χ2v) is 7.08. The van der Waals surface area contributed by atoms with Crippen LogP contribution in [0.4, 0.5) is 11.4 Å². The van der Waals surface area contributed by atoms with Gasteiger partial charge >= 0.3 is 5.97 Å². The molecule has 0 aliphatic heterocycles. The maximum atomic E-state index is 12.2. The van der Waals surface area contributed by atoms with E-state index in [1.54, 1.807) is 13.8 Å². The molecule has 2 rings (SSSR count). The maximum Gasteiger partial charge on any atom is 0.303 e. The van der Waals surface area contributed by atoms with E-state index in [0.717, 1.165) is 5.56 Å². The molecule has 0 fully saturated rings. The molecule has 8 nitrogen and oxygen atoms in total. The Kier molecular flexibility index (Phi) is 7.70. The summed E-state index contributed by atoms with van der Waals surface area (Å²) in [6.45, 7) is 3.61. The Morgan fingerprint density at radius 2 is 1.83 bits per heavy atom. The van der Waals surface area contributed by atoms with Crippen molar-refractivity contribution in [1.29, 1.82) is 0 Å². The van der Waals surface area contributed by atoms with Crippen LogP contribution >= 0.6 is 0 Å². The predicted octanol–water partition coefficient (Wildman–Crippen LogP) is 3.62. The molecule has 2 aromatic rings. The van der Waals surface area contributed by atoms with Crippen LogP contribution in [0.1, 0.15) is 42.6 Å². The zero-order valence-corrected chi connectivity index (χ0v) is 16.4. The van der Waals surface area contributed by atoms with Gasteiger partial charge in [0.2, 0.25) is 0 Å². The Hall–Kier alpha value is -3.42. The van der Waals surface area contributed by atoms with Gasteiger partial charge < -0.3 is 15.7 Å². The van der Waals surface area contributed by atoms with Gasteiger partial charge in [-0.2, -0.15) is 0 Å². The van der Waals surface area contributed by atoms with Crippen molar-refractivity contribution in [3.8, 4) is 0 Å². The smallest absolute Gasteiger partial charge is 0.303 e. The molecule has 1 amide bonds. The van der Waals surface area contributed by atoms with Gasteiger partial charge in [-0.15, -0.1) is 0 Å². The zero-order valence-electron chi connectivity index (χ0n) is 16.4. The third kappa shape index (κ3) is 6.91. The highest BCUT2D eigenvalue weighted by Gasteiger charge is 2.21. The average Bonchev–Trinajstić information content (AvgIpc) is 2.66. The highest BCUT2D eigenvalue weighted by atomic mass is 16.6. The number of carbonyl (C=O) groups is 2. The summed E-state index contributed by atoms with van der Waals surface area (Å²) in [4.78, 5) is 34.2. The van der Waals surface area contributed by atoms with Crippen LogP contribution in [0.25, 0.3) is 0 Å². The number of carbonyl (C=O) groups excluding carboxylic acids is 1. The van der Waals surface area contributed by atoms with Crippen LogP contribution in [-0.2, 0) is 11.2 Å². The van der Waals surface area contributed by atoms with E-state index in [-0.39, 0.29) is 41.3 Å². The fourth-order valence-electron chi connectivity index (χ4n) is 2.93. The Bertz CT molecular complexity index is 868. The van der Waals surface area contributed by atoms with Gasteiger partial charge in [-0.3, -0.25) is 19.7 Å². The maximum absolute atomic E-state index is 12.2. The number of hydrogen-bond acceptors (Lipinski definition) is 5. The number of hydrogen-bond donors (Lipinski definition) is 3. The number of benzene rings is 2. The van der Waals surface area contributed by atoms with Crippen LogP contribution in [-0.4, -0.2) is 34.0 Å². The van der Waals surface area contributed by atoms with E-state index in [2.05, 4.69) is 10.6 Å². The van der Waals surface area contributed by atoms with Gasteiger partial charge in [0.25, 0.3) is 11.6 Å². The fraction of sp³-hybridized carbons (Fsp3) is 0.333. The van der Waals surface area contributed by atoms with Gasteiger partial charge in [-0.25, -0.2) is 0 Å². The van der Waals surface area contributed by atoms with Gasteiger partial charge in [0, 0.05) is 30.1 Å². The van der Waals surface area contributed by atoms with Crippen molar-refractivity contribution in [1.82, 2.24) is 5.32 Å². The van der Waals surface area contributed by atoms with E-state index in [1.807, 2.05) is 30.3 Å². The topological polar surface area (TPSA) is 122 Å². The number of carboxylic acids is 1. The number of carboxylic acid groups (broad SMARTS) is 1. The summed E-state index contributed by atoms with van der Waals surface area (Å²) in [6.07, 6.45) is 0.755. The molecule has 1 atom stereocenters. The molecule has 0 bridgehead atoms. The van der Waals surface area contributed by atoms with Crippen molar-refractivity contribution >= 4 is 23.3 Å². The van der Waals surface area contributed by atoms with Crippen LogP contribution in [0.5, 0.6) is 0 Å². The van der Waals surface area contributed by atoms with E-state index in [1.165, 1.54) is 18.2 Å². The number of nitro groups is 1. The molecule has 0 aromatic heterocycles. The largest absolute Gasteiger partial charge is 0.481 e. The van der Waals surface area contributed by atoms with Gasteiger partial charge in [0.1, 0.15) is 5.69 Å². The Balaban J connectivity index is 2.27. The molecule has 1 unspecified atom stereocenters. The minimum atomic E-state index is -0.930. The molecule has 0 radical (unpaired) electrons. The molecule has 154 valence electrons. The van der Waals surface area contributed by atoms with Gasteiger partial charge in [-0.1, -0.05) is 30.3 Å². The Morgan fingerprint density at radius 1 is 1.14 bits per heavy atom. The van der Waals surface area contributed by atoms with E-state index >= 15 is 0 Å². The van der Waals surface area contributed by atoms with Crippen LogP contribution in [0.3, 0.4) is 0 Å². The van der Waals surface area contributed by atoms with Crippen LogP contribution in [0.15, 0.2) is 48.5 Å². The summed E-state index contributed by atoms with van der Waals surface area (Å²) in [5.41, 5.74) is 1.21. The number of nitro benzene ring substituents is 1. The predicted molar refractivity (Wildman–Crippen MR) is 110 cm³/mol. The molecule has 0 saturated carbocycles. The van der Waals surface area contributed by atoms with E-state index in [0.29, 0.717) is 12.8 Å². The molecular formula is C21H25N3O5. The molecule has 0 heterocycles. The Labute approximate surface area is 169 Å². The molecule has 0 spiro atoms. The molecule has 0 saturated heterocycles.